The van der Waals surface area contributed by atoms with Crippen molar-refractivity contribution in [2.75, 3.05) is 6.54 Å². The van der Waals surface area contributed by atoms with Gasteiger partial charge in [-0.2, -0.15) is 0 Å². The van der Waals surface area contributed by atoms with Gasteiger partial charge in [0.05, 0.1) is 5.69 Å². The molecule has 0 atom stereocenters. The Labute approximate surface area is 114 Å². The van der Waals surface area contributed by atoms with Crippen LogP contribution in [-0.2, 0) is 13.0 Å². The third-order valence-electron chi connectivity index (χ3n) is 3.11. The first-order valence-electron chi connectivity index (χ1n) is 5.93. The number of aromatic nitrogens is 3. The van der Waals surface area contributed by atoms with Crippen LogP contribution in [-0.4, -0.2) is 21.5 Å². The minimum atomic E-state index is 0.697. The summed E-state index contributed by atoms with van der Waals surface area (Å²) >= 11 is 3.50. The summed E-state index contributed by atoms with van der Waals surface area (Å²) in [5.74, 6) is 0.697. The quantitative estimate of drug-likeness (QED) is 0.878. The summed E-state index contributed by atoms with van der Waals surface area (Å²) in [5, 5.41) is 3.34. The summed E-state index contributed by atoms with van der Waals surface area (Å²) in [5.41, 5.74) is 4.24. The van der Waals surface area contributed by atoms with Crippen molar-refractivity contribution in [2.45, 2.75) is 19.9 Å². The summed E-state index contributed by atoms with van der Waals surface area (Å²) in [7, 11) is 0. The minimum absolute atomic E-state index is 0.697. The van der Waals surface area contributed by atoms with Crippen LogP contribution in [0, 0.1) is 6.92 Å². The third-order valence-corrected chi connectivity index (χ3v) is 3.75. The summed E-state index contributed by atoms with van der Waals surface area (Å²) in [6, 6.07) is 3.85. The lowest BCUT2D eigenvalue weighted by atomic mass is 10.0. The molecule has 3 heterocycles. The Morgan fingerprint density at radius 1 is 1.33 bits per heavy atom. The lowest BCUT2D eigenvalue weighted by Crippen LogP contribution is -2.26. The molecule has 0 amide bonds. The number of rotatable bonds is 1. The Balaban J connectivity index is 2.14. The molecule has 0 aliphatic carbocycles. The van der Waals surface area contributed by atoms with Gasteiger partial charge in [-0.15, -0.1) is 0 Å². The normalized spacial score (nSPS) is 14.3. The van der Waals surface area contributed by atoms with Gasteiger partial charge in [0.15, 0.2) is 5.82 Å². The van der Waals surface area contributed by atoms with Crippen LogP contribution in [0.5, 0.6) is 0 Å². The lowest BCUT2D eigenvalue weighted by Gasteiger charge is -2.18. The van der Waals surface area contributed by atoms with E-state index in [-0.39, 0.29) is 0 Å². The molecule has 0 aromatic carbocycles. The largest absolute Gasteiger partial charge is 0.311 e. The fourth-order valence-corrected chi connectivity index (χ4v) is 2.64. The molecular formula is C13H13BrN4. The summed E-state index contributed by atoms with van der Waals surface area (Å²) in [6.45, 7) is 3.87. The average molecular weight is 305 g/mol. The van der Waals surface area contributed by atoms with Gasteiger partial charge in [-0.3, -0.25) is 4.98 Å². The van der Waals surface area contributed by atoms with E-state index in [0.29, 0.717) is 5.82 Å². The van der Waals surface area contributed by atoms with Crippen LogP contribution in [0.4, 0.5) is 0 Å². The highest BCUT2D eigenvalue weighted by molar-refractivity contribution is 9.10. The van der Waals surface area contributed by atoms with Gasteiger partial charge in [0.2, 0.25) is 0 Å². The monoisotopic (exact) mass is 304 g/mol. The lowest BCUT2D eigenvalue weighted by molar-refractivity contribution is 0.619. The Bertz CT molecular complexity index is 598. The van der Waals surface area contributed by atoms with E-state index in [1.54, 1.807) is 6.20 Å². The first kappa shape index (κ1) is 11.7. The number of halogens is 1. The molecule has 0 saturated heterocycles. The van der Waals surface area contributed by atoms with Crippen molar-refractivity contribution in [2.24, 2.45) is 0 Å². The summed E-state index contributed by atoms with van der Waals surface area (Å²) in [6.07, 6.45) is 2.77. The van der Waals surface area contributed by atoms with Crippen LogP contribution < -0.4 is 5.32 Å². The number of nitrogens with zero attached hydrogens (tertiary/aromatic N) is 3. The second-order valence-electron chi connectivity index (χ2n) is 4.32. The molecule has 2 aromatic heterocycles. The zero-order chi connectivity index (χ0) is 12.5. The van der Waals surface area contributed by atoms with E-state index in [1.165, 1.54) is 5.56 Å². The van der Waals surface area contributed by atoms with Crippen molar-refractivity contribution in [1.29, 1.82) is 0 Å². The van der Waals surface area contributed by atoms with Gasteiger partial charge >= 0.3 is 0 Å². The molecule has 0 unspecified atom stereocenters. The minimum Gasteiger partial charge on any atom is -0.311 e. The smallest absolute Gasteiger partial charge is 0.179 e. The fourth-order valence-electron chi connectivity index (χ4n) is 2.20. The van der Waals surface area contributed by atoms with E-state index < -0.39 is 0 Å². The zero-order valence-electron chi connectivity index (χ0n) is 10.1. The van der Waals surface area contributed by atoms with Crippen molar-refractivity contribution >= 4 is 15.9 Å². The van der Waals surface area contributed by atoms with Crippen molar-refractivity contribution in [1.82, 2.24) is 20.3 Å². The predicted molar refractivity (Wildman–Crippen MR) is 73.1 cm³/mol. The third kappa shape index (κ3) is 2.04. The maximum atomic E-state index is 4.64. The molecule has 0 radical (unpaired) electrons. The molecule has 1 aliphatic heterocycles. The fraction of sp³-hybridized carbons (Fsp3) is 0.308. The number of hydrogen-bond acceptors (Lipinski definition) is 4. The Morgan fingerprint density at radius 3 is 3.06 bits per heavy atom. The highest BCUT2D eigenvalue weighted by Gasteiger charge is 2.17. The van der Waals surface area contributed by atoms with Gasteiger partial charge in [0, 0.05) is 22.9 Å². The van der Waals surface area contributed by atoms with Gasteiger partial charge in [-0.05, 0) is 53.5 Å². The van der Waals surface area contributed by atoms with Crippen LogP contribution >= 0.6 is 15.9 Å². The van der Waals surface area contributed by atoms with Crippen molar-refractivity contribution < 1.29 is 0 Å². The highest BCUT2D eigenvalue weighted by atomic mass is 79.9. The molecule has 0 saturated carbocycles. The second-order valence-corrected chi connectivity index (χ2v) is 5.17. The molecule has 0 bridgehead atoms. The maximum Gasteiger partial charge on any atom is 0.179 e. The van der Waals surface area contributed by atoms with Crippen LogP contribution in [0.2, 0.25) is 0 Å². The van der Waals surface area contributed by atoms with E-state index in [2.05, 4.69) is 36.2 Å². The number of pyridine rings is 1. The molecule has 0 spiro atoms. The van der Waals surface area contributed by atoms with E-state index in [4.69, 9.17) is 0 Å². The van der Waals surface area contributed by atoms with Crippen molar-refractivity contribution in [3.8, 4) is 11.5 Å². The van der Waals surface area contributed by atoms with E-state index >= 15 is 0 Å². The van der Waals surface area contributed by atoms with Crippen molar-refractivity contribution in [3.63, 3.8) is 0 Å². The van der Waals surface area contributed by atoms with Gasteiger partial charge in [-0.25, -0.2) is 9.97 Å². The molecule has 4 nitrogen and oxygen atoms in total. The van der Waals surface area contributed by atoms with Crippen LogP contribution in [0.25, 0.3) is 11.5 Å². The first-order valence-corrected chi connectivity index (χ1v) is 6.73. The highest BCUT2D eigenvalue weighted by Crippen LogP contribution is 2.25. The summed E-state index contributed by atoms with van der Waals surface area (Å²) < 4.78 is 0.924. The SMILES string of the molecule is Cc1nc(-c2ncccc2Br)nc2c1CCNC2. The molecule has 18 heavy (non-hydrogen) atoms. The first-order chi connectivity index (χ1) is 8.75. The van der Waals surface area contributed by atoms with E-state index in [1.807, 2.05) is 19.1 Å². The Hall–Kier alpha value is -1.33. The maximum absolute atomic E-state index is 4.64. The van der Waals surface area contributed by atoms with Crippen LogP contribution in [0.1, 0.15) is 17.0 Å². The topological polar surface area (TPSA) is 50.7 Å². The number of hydrogen-bond donors (Lipinski definition) is 1. The molecule has 3 rings (SSSR count). The van der Waals surface area contributed by atoms with E-state index in [0.717, 1.165) is 41.1 Å². The second kappa shape index (κ2) is 4.74. The Kier molecular flexibility index (Phi) is 3.09. The molecule has 1 N–H and O–H groups in total. The molecule has 92 valence electrons. The predicted octanol–water partition coefficient (Wildman–Crippen LogP) is 2.26. The van der Waals surface area contributed by atoms with Gasteiger partial charge in [-0.1, -0.05) is 0 Å². The molecule has 5 heteroatoms. The van der Waals surface area contributed by atoms with Crippen LogP contribution in [0.15, 0.2) is 22.8 Å². The molecule has 2 aromatic rings. The standard InChI is InChI=1S/C13H13BrN4/c1-8-9-4-6-15-7-11(9)18-13(17-8)12-10(14)3-2-5-16-12/h2-3,5,15H,4,6-7H2,1H3. The zero-order valence-corrected chi connectivity index (χ0v) is 11.7. The average Bonchev–Trinajstić information content (AvgIpc) is 2.39. The summed E-state index contributed by atoms with van der Waals surface area (Å²) in [4.78, 5) is 13.6. The number of aryl methyl sites for hydroxylation is 1. The van der Waals surface area contributed by atoms with Crippen molar-refractivity contribution in [3.05, 3.63) is 39.8 Å². The molecule has 0 fully saturated rings. The van der Waals surface area contributed by atoms with Gasteiger partial charge in [0.1, 0.15) is 5.69 Å². The Morgan fingerprint density at radius 2 is 2.22 bits per heavy atom. The van der Waals surface area contributed by atoms with E-state index in [9.17, 15) is 0 Å². The number of nitrogens with one attached hydrogen (secondary N) is 1. The van der Waals surface area contributed by atoms with Gasteiger partial charge < -0.3 is 5.32 Å². The molecule has 1 aliphatic rings. The van der Waals surface area contributed by atoms with Crippen LogP contribution in [0.3, 0.4) is 0 Å². The molecular weight excluding hydrogens is 292 g/mol. The number of fused-ring (bicyclic) bond motifs is 1. The van der Waals surface area contributed by atoms with Gasteiger partial charge in [0.25, 0.3) is 0 Å².